The summed E-state index contributed by atoms with van der Waals surface area (Å²) >= 11 is 0. The Hall–Kier alpha value is -1.30. The highest BCUT2D eigenvalue weighted by molar-refractivity contribution is 5.73. The van der Waals surface area contributed by atoms with E-state index in [9.17, 15) is 9.59 Å². The van der Waals surface area contributed by atoms with E-state index in [1.165, 1.54) is 0 Å². The molecule has 0 saturated carbocycles. The Bertz CT molecular complexity index is 365. The lowest BCUT2D eigenvalue weighted by Crippen LogP contribution is -2.40. The highest BCUT2D eigenvalue weighted by Crippen LogP contribution is 2.30. The van der Waals surface area contributed by atoms with E-state index >= 15 is 0 Å². The summed E-state index contributed by atoms with van der Waals surface area (Å²) < 4.78 is 11.2. The van der Waals surface area contributed by atoms with Gasteiger partial charge in [0.25, 0.3) is 0 Å². The Balaban J connectivity index is 2.53. The van der Waals surface area contributed by atoms with Gasteiger partial charge < -0.3 is 20.1 Å². The molecule has 1 aliphatic rings. The lowest BCUT2D eigenvalue weighted by molar-refractivity contribution is -0.121. The van der Waals surface area contributed by atoms with E-state index in [-0.39, 0.29) is 24.0 Å². The second-order valence-corrected chi connectivity index (χ2v) is 6.25. The van der Waals surface area contributed by atoms with Gasteiger partial charge in [-0.15, -0.1) is 0 Å². The van der Waals surface area contributed by atoms with E-state index in [0.717, 1.165) is 12.8 Å². The Morgan fingerprint density at radius 2 is 2.00 bits per heavy atom. The molecule has 1 unspecified atom stereocenters. The molecule has 0 aromatic rings. The van der Waals surface area contributed by atoms with Gasteiger partial charge in [-0.25, -0.2) is 4.79 Å². The van der Waals surface area contributed by atoms with Crippen LogP contribution in [0.15, 0.2) is 0 Å². The highest BCUT2D eigenvalue weighted by Gasteiger charge is 2.40. The van der Waals surface area contributed by atoms with Crippen LogP contribution in [0.25, 0.3) is 0 Å². The SMILES string of the molecule is CCC1(OCCC(N)=O)CCN(C(=O)OC(C)(C)C)C1. The molecule has 1 heterocycles. The predicted octanol–water partition coefficient (Wildman–Crippen LogP) is 1.67. The second-order valence-electron chi connectivity index (χ2n) is 6.25. The van der Waals surface area contributed by atoms with Crippen LogP contribution in [0.5, 0.6) is 0 Å². The van der Waals surface area contributed by atoms with Crippen LogP contribution < -0.4 is 5.73 Å². The Kier molecular flexibility index (Phi) is 5.39. The molecule has 6 nitrogen and oxygen atoms in total. The molecule has 1 rings (SSSR count). The molecule has 1 saturated heterocycles. The molecule has 0 aliphatic carbocycles. The van der Waals surface area contributed by atoms with Crippen LogP contribution in [-0.2, 0) is 14.3 Å². The quantitative estimate of drug-likeness (QED) is 0.833. The number of carbonyl (C=O) groups excluding carboxylic acids is 2. The molecule has 1 atom stereocenters. The number of hydrogen-bond acceptors (Lipinski definition) is 4. The average Bonchev–Trinajstić information content (AvgIpc) is 2.71. The number of nitrogens with two attached hydrogens (primary N) is 1. The molecule has 1 fully saturated rings. The lowest BCUT2D eigenvalue weighted by atomic mass is 10.00. The van der Waals surface area contributed by atoms with Crippen molar-refractivity contribution in [1.29, 1.82) is 0 Å². The molecule has 20 heavy (non-hydrogen) atoms. The van der Waals surface area contributed by atoms with Crippen LogP contribution in [0.3, 0.4) is 0 Å². The monoisotopic (exact) mass is 286 g/mol. The first-order valence-corrected chi connectivity index (χ1v) is 7.08. The van der Waals surface area contributed by atoms with E-state index in [4.69, 9.17) is 15.2 Å². The fourth-order valence-electron chi connectivity index (χ4n) is 2.20. The fourth-order valence-corrected chi connectivity index (χ4v) is 2.20. The summed E-state index contributed by atoms with van der Waals surface area (Å²) in [5.74, 6) is -0.377. The van der Waals surface area contributed by atoms with Crippen molar-refractivity contribution < 1.29 is 19.1 Å². The van der Waals surface area contributed by atoms with Gasteiger partial charge in [-0.3, -0.25) is 4.79 Å². The van der Waals surface area contributed by atoms with Crippen molar-refractivity contribution >= 4 is 12.0 Å². The summed E-state index contributed by atoms with van der Waals surface area (Å²) in [5.41, 5.74) is 4.22. The van der Waals surface area contributed by atoms with Gasteiger partial charge in [0.1, 0.15) is 5.60 Å². The minimum atomic E-state index is -0.499. The Morgan fingerprint density at radius 1 is 1.35 bits per heavy atom. The van der Waals surface area contributed by atoms with E-state index < -0.39 is 5.60 Å². The zero-order chi connectivity index (χ0) is 15.4. The van der Waals surface area contributed by atoms with Crippen LogP contribution in [0, 0.1) is 0 Å². The van der Waals surface area contributed by atoms with Crippen LogP contribution in [0.1, 0.15) is 47.0 Å². The maximum Gasteiger partial charge on any atom is 0.410 e. The molecule has 0 aromatic carbocycles. The minimum Gasteiger partial charge on any atom is -0.444 e. The van der Waals surface area contributed by atoms with Crippen molar-refractivity contribution in [2.24, 2.45) is 5.73 Å². The number of rotatable bonds is 5. The zero-order valence-corrected chi connectivity index (χ0v) is 12.9. The maximum absolute atomic E-state index is 12.0. The van der Waals surface area contributed by atoms with Crippen molar-refractivity contribution in [2.75, 3.05) is 19.7 Å². The third-order valence-corrected chi connectivity index (χ3v) is 3.37. The molecule has 0 bridgehead atoms. The number of nitrogens with zero attached hydrogens (tertiary/aromatic N) is 1. The van der Waals surface area contributed by atoms with Gasteiger partial charge >= 0.3 is 6.09 Å². The van der Waals surface area contributed by atoms with Crippen molar-refractivity contribution in [3.63, 3.8) is 0 Å². The van der Waals surface area contributed by atoms with Gasteiger partial charge in [-0.05, 0) is 33.6 Å². The minimum absolute atomic E-state index is 0.203. The number of primary amides is 1. The van der Waals surface area contributed by atoms with Gasteiger partial charge in [-0.2, -0.15) is 0 Å². The maximum atomic E-state index is 12.0. The second kappa shape index (κ2) is 6.43. The molecule has 0 spiro atoms. The van der Waals surface area contributed by atoms with E-state index in [0.29, 0.717) is 19.7 Å². The Labute approximate surface area is 120 Å². The lowest BCUT2D eigenvalue weighted by Gasteiger charge is -2.29. The van der Waals surface area contributed by atoms with E-state index in [1.807, 2.05) is 27.7 Å². The molecule has 6 heteroatoms. The van der Waals surface area contributed by atoms with Crippen LogP contribution >= 0.6 is 0 Å². The number of amides is 2. The van der Waals surface area contributed by atoms with Crippen LogP contribution in [-0.4, -0.2) is 47.8 Å². The first-order chi connectivity index (χ1) is 9.17. The molecular weight excluding hydrogens is 260 g/mol. The van der Waals surface area contributed by atoms with Gasteiger partial charge in [-0.1, -0.05) is 6.92 Å². The Morgan fingerprint density at radius 3 is 2.50 bits per heavy atom. The molecule has 116 valence electrons. The van der Waals surface area contributed by atoms with Crippen molar-refractivity contribution in [3.8, 4) is 0 Å². The first-order valence-electron chi connectivity index (χ1n) is 7.08. The van der Waals surface area contributed by atoms with Crippen molar-refractivity contribution in [2.45, 2.75) is 58.2 Å². The molecular formula is C14H26N2O4. The van der Waals surface area contributed by atoms with Crippen molar-refractivity contribution in [3.05, 3.63) is 0 Å². The third-order valence-electron chi connectivity index (χ3n) is 3.37. The summed E-state index contributed by atoms with van der Waals surface area (Å²) in [7, 11) is 0. The number of likely N-dealkylation sites (tertiary alicyclic amines) is 1. The van der Waals surface area contributed by atoms with Gasteiger partial charge in [0.15, 0.2) is 0 Å². The first kappa shape index (κ1) is 16.8. The molecule has 2 N–H and O–H groups in total. The summed E-state index contributed by atoms with van der Waals surface area (Å²) in [4.78, 5) is 24.4. The zero-order valence-electron chi connectivity index (χ0n) is 12.9. The van der Waals surface area contributed by atoms with Crippen LogP contribution in [0.2, 0.25) is 0 Å². The van der Waals surface area contributed by atoms with Gasteiger partial charge in [0, 0.05) is 13.0 Å². The number of ether oxygens (including phenoxy) is 2. The van der Waals surface area contributed by atoms with Crippen molar-refractivity contribution in [1.82, 2.24) is 4.90 Å². The normalized spacial score (nSPS) is 22.9. The summed E-state index contributed by atoms with van der Waals surface area (Å²) in [6.07, 6.45) is 1.42. The number of hydrogen-bond donors (Lipinski definition) is 1. The topological polar surface area (TPSA) is 81.9 Å². The molecule has 0 aromatic heterocycles. The van der Waals surface area contributed by atoms with E-state index in [2.05, 4.69) is 0 Å². The van der Waals surface area contributed by atoms with Gasteiger partial charge in [0.2, 0.25) is 5.91 Å². The summed E-state index contributed by atoms with van der Waals surface area (Å²) in [6, 6.07) is 0. The highest BCUT2D eigenvalue weighted by atomic mass is 16.6. The fraction of sp³-hybridized carbons (Fsp3) is 0.857. The largest absolute Gasteiger partial charge is 0.444 e. The average molecular weight is 286 g/mol. The molecule has 0 radical (unpaired) electrons. The standard InChI is InChI=1S/C14H26N2O4/c1-5-14(19-9-6-11(15)17)7-8-16(10-14)12(18)20-13(2,3)4/h5-10H2,1-4H3,(H2,15,17). The van der Waals surface area contributed by atoms with Gasteiger partial charge in [0.05, 0.1) is 18.8 Å². The summed E-state index contributed by atoms with van der Waals surface area (Å²) in [5, 5.41) is 0. The van der Waals surface area contributed by atoms with Crippen LogP contribution in [0.4, 0.5) is 4.79 Å². The smallest absolute Gasteiger partial charge is 0.410 e. The molecule has 1 aliphatic heterocycles. The summed E-state index contributed by atoms with van der Waals surface area (Å²) in [6.45, 7) is 8.96. The molecule has 2 amide bonds. The van der Waals surface area contributed by atoms with E-state index in [1.54, 1.807) is 4.90 Å². The third kappa shape index (κ3) is 5.00. The number of carbonyl (C=O) groups is 2. The predicted molar refractivity (Wildman–Crippen MR) is 75.2 cm³/mol.